The number of nitrogens with zero attached hydrogens (tertiary/aromatic N) is 2. The summed E-state index contributed by atoms with van der Waals surface area (Å²) < 4.78 is 0. The van der Waals surface area contributed by atoms with Crippen LogP contribution >= 0.6 is 11.3 Å². The van der Waals surface area contributed by atoms with Crippen molar-refractivity contribution in [2.24, 2.45) is 0 Å². The zero-order valence-electron chi connectivity index (χ0n) is 13.1. The second-order valence-electron chi connectivity index (χ2n) is 5.77. The molecule has 1 aromatic heterocycles. The van der Waals surface area contributed by atoms with Gasteiger partial charge in [0.1, 0.15) is 0 Å². The molecule has 2 N–H and O–H groups in total. The van der Waals surface area contributed by atoms with E-state index in [1.54, 1.807) is 6.92 Å². The van der Waals surface area contributed by atoms with Crippen LogP contribution in [-0.4, -0.2) is 46.1 Å². The van der Waals surface area contributed by atoms with Gasteiger partial charge >= 0.3 is 0 Å². The first-order chi connectivity index (χ1) is 9.99. The molecule has 0 radical (unpaired) electrons. The van der Waals surface area contributed by atoms with E-state index in [0.717, 1.165) is 37.9 Å². The molecule has 1 saturated heterocycles. The number of nitrogens with one attached hydrogen (secondary N) is 1. The molecular weight excluding hydrogens is 286 g/mol. The molecule has 1 aromatic rings. The van der Waals surface area contributed by atoms with E-state index in [4.69, 9.17) is 0 Å². The molecule has 1 amide bonds. The second kappa shape index (κ2) is 7.33. The van der Waals surface area contributed by atoms with Gasteiger partial charge in [-0.15, -0.1) is 11.3 Å². The van der Waals surface area contributed by atoms with E-state index in [2.05, 4.69) is 22.1 Å². The van der Waals surface area contributed by atoms with E-state index in [9.17, 15) is 9.90 Å². The Balaban J connectivity index is 1.88. The van der Waals surface area contributed by atoms with E-state index in [1.165, 1.54) is 16.2 Å². The predicted octanol–water partition coefficient (Wildman–Crippen LogP) is 2.19. The molecule has 2 rings (SSSR count). The molecule has 0 bridgehead atoms. The van der Waals surface area contributed by atoms with Crippen LogP contribution in [0, 0.1) is 6.92 Å². The number of thiazole rings is 1. The van der Waals surface area contributed by atoms with Crippen molar-refractivity contribution < 1.29 is 9.90 Å². The first-order valence-electron chi connectivity index (χ1n) is 7.67. The normalized spacial score (nSPS) is 20.7. The Kier molecular flexibility index (Phi) is 5.72. The van der Waals surface area contributed by atoms with E-state index in [1.807, 2.05) is 6.92 Å². The highest BCUT2D eigenvalue weighted by Gasteiger charge is 2.27. The number of aliphatic hydroxyl groups excluding tert-OH is 1. The fraction of sp³-hybridized carbons (Fsp3) is 0.733. The predicted molar refractivity (Wildman–Crippen MR) is 85.8 cm³/mol. The third-order valence-corrected chi connectivity index (χ3v) is 4.86. The van der Waals surface area contributed by atoms with Gasteiger partial charge in [-0.2, -0.15) is 0 Å². The van der Waals surface area contributed by atoms with Gasteiger partial charge < -0.3 is 10.4 Å². The van der Waals surface area contributed by atoms with Crippen LogP contribution in [0.4, 0.5) is 5.13 Å². The maximum atomic E-state index is 12.2. The van der Waals surface area contributed by atoms with Gasteiger partial charge in [-0.05, 0) is 46.1 Å². The van der Waals surface area contributed by atoms with Crippen LogP contribution in [0.5, 0.6) is 0 Å². The number of carbonyl (C=O) groups excluding carboxylic acids is 1. The average molecular weight is 311 g/mol. The van der Waals surface area contributed by atoms with Gasteiger partial charge in [0.05, 0.1) is 18.3 Å². The first kappa shape index (κ1) is 16.4. The summed E-state index contributed by atoms with van der Waals surface area (Å²) in [6.07, 6.45) is 3.48. The van der Waals surface area contributed by atoms with Crippen LogP contribution < -0.4 is 5.32 Å². The van der Waals surface area contributed by atoms with Gasteiger partial charge in [-0.3, -0.25) is 9.69 Å². The van der Waals surface area contributed by atoms with Gasteiger partial charge in [0.2, 0.25) is 5.91 Å². The van der Waals surface area contributed by atoms with E-state index >= 15 is 0 Å². The highest BCUT2D eigenvalue weighted by molar-refractivity contribution is 7.15. The van der Waals surface area contributed by atoms with Crippen LogP contribution in [0.3, 0.4) is 0 Å². The topological polar surface area (TPSA) is 65.5 Å². The first-order valence-corrected chi connectivity index (χ1v) is 8.49. The number of amides is 1. The summed E-state index contributed by atoms with van der Waals surface area (Å²) in [5.41, 5.74) is 1.06. The van der Waals surface area contributed by atoms with Crippen molar-refractivity contribution in [3.63, 3.8) is 0 Å². The lowest BCUT2D eigenvalue weighted by atomic mass is 10.1. The Bertz CT molecular complexity index is 487. The van der Waals surface area contributed by atoms with Crippen molar-refractivity contribution in [2.75, 3.05) is 18.4 Å². The van der Waals surface area contributed by atoms with E-state index in [0.29, 0.717) is 17.7 Å². The zero-order valence-corrected chi connectivity index (χ0v) is 13.9. The number of carbonyl (C=O) groups is 1. The van der Waals surface area contributed by atoms with Crippen LogP contribution in [0.2, 0.25) is 0 Å². The molecule has 5 nitrogen and oxygen atoms in total. The van der Waals surface area contributed by atoms with Gasteiger partial charge in [0.25, 0.3) is 0 Å². The lowest BCUT2D eigenvalue weighted by molar-refractivity contribution is -0.117. The zero-order chi connectivity index (χ0) is 15.4. The lowest BCUT2D eigenvalue weighted by Crippen LogP contribution is -2.38. The molecular formula is C15H25N3O2S. The monoisotopic (exact) mass is 311 g/mol. The van der Waals surface area contributed by atoms with Gasteiger partial charge in [-0.1, -0.05) is 6.92 Å². The minimum absolute atomic E-state index is 0.0103. The molecule has 2 unspecified atom stereocenters. The number of aromatic nitrogens is 1. The van der Waals surface area contributed by atoms with Crippen LogP contribution in [0.25, 0.3) is 0 Å². The number of aliphatic hydroxyl groups is 1. The highest BCUT2D eigenvalue weighted by Crippen LogP contribution is 2.24. The van der Waals surface area contributed by atoms with Crippen molar-refractivity contribution >= 4 is 22.4 Å². The summed E-state index contributed by atoms with van der Waals surface area (Å²) in [4.78, 5) is 19.9. The standard InChI is InChI=1S/C15H25N3O2S/c1-4-13-11(3)21-15(16-13)17-14(20)9-18-7-5-6-12(18)8-10(2)19/h10,12,19H,4-9H2,1-3H3,(H,16,17,20). The molecule has 1 fully saturated rings. The molecule has 21 heavy (non-hydrogen) atoms. The number of hydrogen-bond acceptors (Lipinski definition) is 5. The molecule has 1 aliphatic heterocycles. The molecule has 2 heterocycles. The molecule has 0 aliphatic carbocycles. The van der Waals surface area contributed by atoms with Gasteiger partial charge in [0, 0.05) is 10.9 Å². The Morgan fingerprint density at radius 2 is 2.38 bits per heavy atom. The minimum atomic E-state index is -0.313. The SMILES string of the molecule is CCc1nc(NC(=O)CN2CCCC2CC(C)O)sc1C. The number of aryl methyl sites for hydroxylation is 2. The van der Waals surface area contributed by atoms with Crippen LogP contribution in [-0.2, 0) is 11.2 Å². The Morgan fingerprint density at radius 1 is 1.62 bits per heavy atom. The Hall–Kier alpha value is -0.980. The van der Waals surface area contributed by atoms with E-state index in [-0.39, 0.29) is 12.0 Å². The summed E-state index contributed by atoms with van der Waals surface area (Å²) in [7, 11) is 0. The summed E-state index contributed by atoms with van der Waals surface area (Å²) in [5, 5.41) is 13.1. The highest BCUT2D eigenvalue weighted by atomic mass is 32.1. The second-order valence-corrected chi connectivity index (χ2v) is 6.98. The maximum Gasteiger partial charge on any atom is 0.240 e. The van der Waals surface area contributed by atoms with Crippen molar-refractivity contribution in [3.05, 3.63) is 10.6 Å². The molecule has 0 aromatic carbocycles. The summed E-state index contributed by atoms with van der Waals surface area (Å²) >= 11 is 1.54. The summed E-state index contributed by atoms with van der Waals surface area (Å²) in [5.74, 6) is -0.0103. The molecule has 0 spiro atoms. The summed E-state index contributed by atoms with van der Waals surface area (Å²) in [6.45, 7) is 7.23. The fourth-order valence-corrected chi connectivity index (χ4v) is 3.84. The smallest absolute Gasteiger partial charge is 0.240 e. The van der Waals surface area contributed by atoms with Crippen molar-refractivity contribution in [2.45, 2.75) is 58.6 Å². The molecule has 6 heteroatoms. The van der Waals surface area contributed by atoms with E-state index < -0.39 is 0 Å². The largest absolute Gasteiger partial charge is 0.393 e. The number of likely N-dealkylation sites (tertiary alicyclic amines) is 1. The lowest BCUT2D eigenvalue weighted by Gasteiger charge is -2.24. The molecule has 0 saturated carbocycles. The molecule has 118 valence electrons. The third kappa shape index (κ3) is 4.49. The third-order valence-electron chi connectivity index (χ3n) is 3.93. The molecule has 2 atom stereocenters. The van der Waals surface area contributed by atoms with Crippen molar-refractivity contribution in [3.8, 4) is 0 Å². The number of hydrogen-bond donors (Lipinski definition) is 2. The summed E-state index contributed by atoms with van der Waals surface area (Å²) in [6, 6.07) is 0.319. The Morgan fingerprint density at radius 3 is 3.00 bits per heavy atom. The average Bonchev–Trinajstić information content (AvgIpc) is 2.96. The van der Waals surface area contributed by atoms with Gasteiger partial charge in [0.15, 0.2) is 5.13 Å². The fourth-order valence-electron chi connectivity index (χ4n) is 2.92. The van der Waals surface area contributed by atoms with Crippen LogP contribution in [0.1, 0.15) is 43.7 Å². The molecule has 1 aliphatic rings. The number of rotatable bonds is 6. The number of anilines is 1. The van der Waals surface area contributed by atoms with Crippen molar-refractivity contribution in [1.82, 2.24) is 9.88 Å². The van der Waals surface area contributed by atoms with Gasteiger partial charge in [-0.25, -0.2) is 4.98 Å². The Labute approximate surface area is 130 Å². The minimum Gasteiger partial charge on any atom is -0.393 e. The van der Waals surface area contributed by atoms with Crippen molar-refractivity contribution in [1.29, 1.82) is 0 Å². The maximum absolute atomic E-state index is 12.2. The quantitative estimate of drug-likeness (QED) is 0.845. The van der Waals surface area contributed by atoms with Crippen LogP contribution in [0.15, 0.2) is 0 Å².